The summed E-state index contributed by atoms with van der Waals surface area (Å²) in [4.78, 5) is 19.1. The second kappa shape index (κ2) is 6.98. The summed E-state index contributed by atoms with van der Waals surface area (Å²) in [7, 11) is 0. The molecule has 3 aromatic rings. The van der Waals surface area contributed by atoms with Gasteiger partial charge in [-0.2, -0.15) is 9.61 Å². The van der Waals surface area contributed by atoms with E-state index in [1.54, 1.807) is 25.1 Å². The zero-order valence-electron chi connectivity index (χ0n) is 15.2. The first-order chi connectivity index (χ1) is 13.1. The van der Waals surface area contributed by atoms with Crippen LogP contribution in [0.1, 0.15) is 46.4 Å². The maximum atomic E-state index is 14.0. The fourth-order valence-corrected chi connectivity index (χ4v) is 3.58. The molecular formula is C20H21FN4O2. The number of benzene rings is 1. The number of nitrogens with zero attached hydrogens (tertiary/aromatic N) is 4. The Balaban J connectivity index is 1.73. The number of carbonyl (C=O) groups is 1. The highest BCUT2D eigenvalue weighted by Crippen LogP contribution is 2.27. The van der Waals surface area contributed by atoms with Crippen molar-refractivity contribution >= 4 is 11.6 Å². The summed E-state index contributed by atoms with van der Waals surface area (Å²) in [5, 5.41) is 14.9. The van der Waals surface area contributed by atoms with Gasteiger partial charge >= 0.3 is 0 Å². The highest BCUT2D eigenvalue weighted by atomic mass is 19.1. The molecule has 1 aliphatic heterocycles. The molecule has 1 saturated heterocycles. The summed E-state index contributed by atoms with van der Waals surface area (Å²) in [5.41, 5.74) is 2.23. The molecule has 0 bridgehead atoms. The molecule has 140 valence electrons. The average molecular weight is 368 g/mol. The number of piperidine rings is 1. The first-order valence-corrected chi connectivity index (χ1v) is 9.15. The Labute approximate surface area is 156 Å². The molecule has 0 aliphatic carbocycles. The molecule has 2 aromatic heterocycles. The van der Waals surface area contributed by atoms with Crippen LogP contribution in [0.25, 0.3) is 5.65 Å². The van der Waals surface area contributed by atoms with E-state index >= 15 is 0 Å². The Hall–Kier alpha value is -2.96. The number of fused-ring (bicyclic) bond motifs is 1. The molecule has 1 aliphatic rings. The number of hydrogen-bond acceptors (Lipinski definition) is 4. The van der Waals surface area contributed by atoms with Crippen molar-refractivity contribution in [3.8, 4) is 5.88 Å². The van der Waals surface area contributed by atoms with Gasteiger partial charge in [0.05, 0.1) is 6.20 Å². The van der Waals surface area contributed by atoms with Gasteiger partial charge in [-0.3, -0.25) is 4.79 Å². The van der Waals surface area contributed by atoms with Crippen molar-refractivity contribution in [2.24, 2.45) is 0 Å². The lowest BCUT2D eigenvalue weighted by Gasteiger charge is -2.26. The molecule has 4 rings (SSSR count). The maximum absolute atomic E-state index is 14.0. The Bertz CT molecular complexity index is 1010. The standard InChI is InChI=1S/C20H21FN4O2/c1-13-15(11-14-7-3-4-8-17(14)21)20(27)25-18(23-13)16(12-22-25)19(26)24-9-5-2-6-10-24/h3-4,7-8,12,27H,2,5-6,9-11H2,1H3. The molecule has 0 atom stereocenters. The minimum absolute atomic E-state index is 0.113. The van der Waals surface area contributed by atoms with Crippen LogP contribution < -0.4 is 0 Å². The summed E-state index contributed by atoms with van der Waals surface area (Å²) in [6.45, 7) is 3.21. The van der Waals surface area contributed by atoms with Gasteiger partial charge in [0.25, 0.3) is 5.91 Å². The number of likely N-dealkylation sites (tertiary alicyclic amines) is 1. The van der Waals surface area contributed by atoms with Crippen molar-refractivity contribution in [2.75, 3.05) is 13.1 Å². The topological polar surface area (TPSA) is 70.7 Å². The SMILES string of the molecule is Cc1nc2c(C(=O)N3CCCCC3)cnn2c(O)c1Cc1ccccc1F. The molecule has 1 fully saturated rings. The van der Waals surface area contributed by atoms with Crippen LogP contribution in [0.5, 0.6) is 5.88 Å². The van der Waals surface area contributed by atoms with Crippen molar-refractivity contribution in [1.82, 2.24) is 19.5 Å². The molecule has 3 heterocycles. The molecular weight excluding hydrogens is 347 g/mol. The lowest BCUT2D eigenvalue weighted by Crippen LogP contribution is -2.35. The normalized spacial score (nSPS) is 14.7. The molecule has 27 heavy (non-hydrogen) atoms. The van der Waals surface area contributed by atoms with Gasteiger partial charge < -0.3 is 10.0 Å². The van der Waals surface area contributed by atoms with E-state index in [0.717, 1.165) is 32.4 Å². The molecule has 1 N–H and O–H groups in total. The van der Waals surface area contributed by atoms with Crippen molar-refractivity contribution in [2.45, 2.75) is 32.6 Å². The third kappa shape index (κ3) is 3.13. The van der Waals surface area contributed by atoms with Crippen LogP contribution in [0, 0.1) is 12.7 Å². The molecule has 1 amide bonds. The number of aryl methyl sites for hydroxylation is 1. The fourth-order valence-electron chi connectivity index (χ4n) is 3.58. The van der Waals surface area contributed by atoms with Crippen LogP contribution in [-0.4, -0.2) is 43.6 Å². The zero-order chi connectivity index (χ0) is 19.0. The number of carbonyl (C=O) groups excluding carboxylic acids is 1. The van der Waals surface area contributed by atoms with E-state index in [9.17, 15) is 14.3 Å². The molecule has 0 radical (unpaired) electrons. The number of hydrogen-bond donors (Lipinski definition) is 1. The van der Waals surface area contributed by atoms with E-state index in [-0.39, 0.29) is 24.0 Å². The van der Waals surface area contributed by atoms with E-state index < -0.39 is 0 Å². The highest BCUT2D eigenvalue weighted by molar-refractivity contribution is 5.99. The summed E-state index contributed by atoms with van der Waals surface area (Å²) in [6.07, 6.45) is 4.77. The molecule has 0 unspecified atom stereocenters. The smallest absolute Gasteiger partial charge is 0.259 e. The summed E-state index contributed by atoms with van der Waals surface area (Å²) in [5.74, 6) is -0.561. The molecule has 7 heteroatoms. The van der Waals surface area contributed by atoms with Crippen molar-refractivity contribution < 1.29 is 14.3 Å². The minimum atomic E-state index is -0.335. The van der Waals surface area contributed by atoms with Gasteiger partial charge in [-0.15, -0.1) is 0 Å². The number of halogens is 1. The Morgan fingerprint density at radius 2 is 1.96 bits per heavy atom. The summed E-state index contributed by atoms with van der Waals surface area (Å²) >= 11 is 0. The van der Waals surface area contributed by atoms with Crippen LogP contribution in [-0.2, 0) is 6.42 Å². The van der Waals surface area contributed by atoms with Crippen molar-refractivity contribution in [3.05, 3.63) is 58.7 Å². The monoisotopic (exact) mass is 368 g/mol. The average Bonchev–Trinajstić information content (AvgIpc) is 3.10. The first-order valence-electron chi connectivity index (χ1n) is 9.15. The van der Waals surface area contributed by atoms with E-state index in [1.807, 2.05) is 4.90 Å². The van der Waals surface area contributed by atoms with Crippen LogP contribution in [0.2, 0.25) is 0 Å². The Kier molecular flexibility index (Phi) is 4.51. The van der Waals surface area contributed by atoms with Gasteiger partial charge in [0, 0.05) is 30.8 Å². The maximum Gasteiger partial charge on any atom is 0.259 e. The van der Waals surface area contributed by atoms with Crippen LogP contribution in [0.4, 0.5) is 4.39 Å². The van der Waals surface area contributed by atoms with E-state index in [0.29, 0.717) is 28.0 Å². The van der Waals surface area contributed by atoms with E-state index in [2.05, 4.69) is 10.1 Å². The van der Waals surface area contributed by atoms with Crippen molar-refractivity contribution in [1.29, 1.82) is 0 Å². The Morgan fingerprint density at radius 3 is 2.70 bits per heavy atom. The fraction of sp³-hybridized carbons (Fsp3) is 0.350. The second-order valence-corrected chi connectivity index (χ2v) is 6.91. The van der Waals surface area contributed by atoms with Crippen LogP contribution in [0.3, 0.4) is 0 Å². The van der Waals surface area contributed by atoms with Gasteiger partial charge in [-0.1, -0.05) is 18.2 Å². The Morgan fingerprint density at radius 1 is 1.22 bits per heavy atom. The minimum Gasteiger partial charge on any atom is -0.493 e. The lowest BCUT2D eigenvalue weighted by atomic mass is 10.0. The quantitative estimate of drug-likeness (QED) is 0.771. The summed E-state index contributed by atoms with van der Waals surface area (Å²) < 4.78 is 15.3. The second-order valence-electron chi connectivity index (χ2n) is 6.91. The van der Waals surface area contributed by atoms with Gasteiger partial charge in [-0.05, 0) is 37.8 Å². The van der Waals surface area contributed by atoms with Crippen molar-refractivity contribution in [3.63, 3.8) is 0 Å². The van der Waals surface area contributed by atoms with Crippen LogP contribution in [0.15, 0.2) is 30.5 Å². The van der Waals surface area contributed by atoms with Gasteiger partial charge in [-0.25, -0.2) is 9.37 Å². The zero-order valence-corrected chi connectivity index (χ0v) is 15.2. The molecule has 0 spiro atoms. The molecule has 0 saturated carbocycles. The predicted octanol–water partition coefficient (Wildman–Crippen LogP) is 3.10. The van der Waals surface area contributed by atoms with Gasteiger partial charge in [0.2, 0.25) is 5.88 Å². The lowest BCUT2D eigenvalue weighted by molar-refractivity contribution is 0.0726. The molecule has 1 aromatic carbocycles. The van der Waals surface area contributed by atoms with E-state index in [1.165, 1.54) is 16.8 Å². The first kappa shape index (κ1) is 17.5. The third-order valence-corrected chi connectivity index (χ3v) is 5.12. The molecule has 6 nitrogen and oxygen atoms in total. The summed E-state index contributed by atoms with van der Waals surface area (Å²) in [6, 6.07) is 6.43. The highest BCUT2D eigenvalue weighted by Gasteiger charge is 2.24. The number of aromatic nitrogens is 3. The number of rotatable bonds is 3. The van der Waals surface area contributed by atoms with Crippen LogP contribution >= 0.6 is 0 Å². The number of aromatic hydroxyl groups is 1. The third-order valence-electron chi connectivity index (χ3n) is 5.12. The van der Waals surface area contributed by atoms with Gasteiger partial charge in [0.15, 0.2) is 5.65 Å². The number of amides is 1. The van der Waals surface area contributed by atoms with E-state index in [4.69, 9.17) is 0 Å². The predicted molar refractivity (Wildman–Crippen MR) is 98.3 cm³/mol. The largest absolute Gasteiger partial charge is 0.493 e. The van der Waals surface area contributed by atoms with Gasteiger partial charge in [0.1, 0.15) is 11.4 Å².